The van der Waals surface area contributed by atoms with E-state index in [0.29, 0.717) is 11.3 Å². The van der Waals surface area contributed by atoms with Gasteiger partial charge < -0.3 is 9.42 Å². The highest BCUT2D eigenvalue weighted by molar-refractivity contribution is 7.89. The Kier molecular flexibility index (Phi) is 5.43. The van der Waals surface area contributed by atoms with E-state index in [1.807, 2.05) is 0 Å². The van der Waals surface area contributed by atoms with Crippen molar-refractivity contribution in [3.05, 3.63) is 53.2 Å². The number of carbonyl (C=O) groups excluding carboxylic acids is 1. The van der Waals surface area contributed by atoms with Crippen LogP contribution in [-0.4, -0.2) is 54.9 Å². The van der Waals surface area contributed by atoms with Crippen molar-refractivity contribution in [1.29, 1.82) is 0 Å². The highest BCUT2D eigenvalue weighted by atomic mass is 32.2. The Labute approximate surface area is 157 Å². The lowest BCUT2D eigenvalue weighted by atomic mass is 10.2. The topological polar surface area (TPSA) is 83.7 Å². The number of hydrogen-bond acceptors (Lipinski definition) is 5. The maximum atomic E-state index is 12.9. The summed E-state index contributed by atoms with van der Waals surface area (Å²) in [4.78, 5) is 14.0. The molecule has 0 bridgehead atoms. The summed E-state index contributed by atoms with van der Waals surface area (Å²) >= 11 is 0. The van der Waals surface area contributed by atoms with E-state index in [0.717, 1.165) is 0 Å². The summed E-state index contributed by atoms with van der Waals surface area (Å²) in [5.74, 6) is -0.295. The van der Waals surface area contributed by atoms with Gasteiger partial charge in [-0.05, 0) is 37.6 Å². The molecule has 1 saturated heterocycles. The van der Waals surface area contributed by atoms with E-state index in [2.05, 4.69) is 5.16 Å². The van der Waals surface area contributed by atoms with Gasteiger partial charge in [-0.15, -0.1) is 0 Å². The number of amides is 1. The van der Waals surface area contributed by atoms with Gasteiger partial charge >= 0.3 is 0 Å². The zero-order chi connectivity index (χ0) is 19.6. The summed E-state index contributed by atoms with van der Waals surface area (Å²) in [7, 11) is -3.70. The first-order valence-electron chi connectivity index (χ1n) is 8.44. The highest BCUT2D eigenvalue weighted by Crippen LogP contribution is 2.24. The molecule has 0 aliphatic carbocycles. The van der Waals surface area contributed by atoms with Crippen LogP contribution >= 0.6 is 0 Å². The molecular formula is C18H20FN3O4S. The van der Waals surface area contributed by atoms with Gasteiger partial charge in [-0.1, -0.05) is 17.3 Å². The van der Waals surface area contributed by atoms with Crippen LogP contribution in [0.25, 0.3) is 6.08 Å². The minimum absolute atomic E-state index is 0.0958. The Bertz CT molecular complexity index is 939. The summed E-state index contributed by atoms with van der Waals surface area (Å²) in [6.07, 6.45) is 3.01. The third-order valence-electron chi connectivity index (χ3n) is 4.40. The second-order valence-corrected chi connectivity index (χ2v) is 8.14. The third-order valence-corrected chi connectivity index (χ3v) is 6.55. The van der Waals surface area contributed by atoms with E-state index in [4.69, 9.17) is 4.52 Å². The standard InChI is InChI=1S/C18H20FN3O4S/c1-13-18(14(2)26-20-13)27(24,25)22-11-9-21(10-12-22)17(23)8-5-15-3-6-16(19)7-4-15/h3-8H,9-12H2,1-2H3/b8-5+. The Morgan fingerprint density at radius 1 is 1.15 bits per heavy atom. The lowest BCUT2D eigenvalue weighted by Gasteiger charge is -2.33. The summed E-state index contributed by atoms with van der Waals surface area (Å²) in [6.45, 7) is 4.12. The van der Waals surface area contributed by atoms with Gasteiger partial charge in [0.05, 0.1) is 0 Å². The van der Waals surface area contributed by atoms with Gasteiger partial charge in [-0.25, -0.2) is 12.8 Å². The van der Waals surface area contributed by atoms with Crippen molar-refractivity contribution in [2.75, 3.05) is 26.2 Å². The van der Waals surface area contributed by atoms with Gasteiger partial charge in [0, 0.05) is 32.3 Å². The lowest BCUT2D eigenvalue weighted by molar-refractivity contribution is -0.127. The molecule has 0 saturated carbocycles. The smallest absolute Gasteiger partial charge is 0.248 e. The molecular weight excluding hydrogens is 373 g/mol. The summed E-state index contributed by atoms with van der Waals surface area (Å²) < 4.78 is 44.8. The van der Waals surface area contributed by atoms with Gasteiger partial charge in [-0.3, -0.25) is 4.79 Å². The quantitative estimate of drug-likeness (QED) is 0.742. The SMILES string of the molecule is Cc1noc(C)c1S(=O)(=O)N1CCN(C(=O)/C=C/c2ccc(F)cc2)CC1. The predicted octanol–water partition coefficient (Wildman–Crippen LogP) is 1.98. The van der Waals surface area contributed by atoms with Gasteiger partial charge in [0.25, 0.3) is 0 Å². The fraction of sp³-hybridized carbons (Fsp3) is 0.333. The molecule has 9 heteroatoms. The molecule has 0 spiro atoms. The zero-order valence-electron chi connectivity index (χ0n) is 15.1. The van der Waals surface area contributed by atoms with E-state index in [1.165, 1.54) is 22.5 Å². The van der Waals surface area contributed by atoms with Crippen LogP contribution in [0.5, 0.6) is 0 Å². The van der Waals surface area contributed by atoms with Crippen LogP contribution < -0.4 is 0 Å². The minimum Gasteiger partial charge on any atom is -0.360 e. The molecule has 0 unspecified atom stereocenters. The van der Waals surface area contributed by atoms with Crippen LogP contribution in [0.15, 0.2) is 39.8 Å². The minimum atomic E-state index is -3.70. The molecule has 1 fully saturated rings. The predicted molar refractivity (Wildman–Crippen MR) is 96.7 cm³/mol. The number of aromatic nitrogens is 1. The second-order valence-electron chi connectivity index (χ2n) is 6.27. The van der Waals surface area contributed by atoms with E-state index in [-0.39, 0.29) is 48.6 Å². The summed E-state index contributed by atoms with van der Waals surface area (Å²) in [5.41, 5.74) is 1.04. The maximum Gasteiger partial charge on any atom is 0.248 e. The molecule has 1 aromatic heterocycles. The molecule has 1 aromatic carbocycles. The molecule has 3 rings (SSSR count). The normalized spacial score (nSPS) is 16.2. The molecule has 2 aromatic rings. The molecule has 0 N–H and O–H groups in total. The van der Waals surface area contributed by atoms with Gasteiger partial charge in [0.1, 0.15) is 16.4 Å². The largest absolute Gasteiger partial charge is 0.360 e. The van der Waals surface area contributed by atoms with Crippen molar-refractivity contribution < 1.29 is 22.1 Å². The fourth-order valence-corrected chi connectivity index (χ4v) is 4.68. The van der Waals surface area contributed by atoms with Crippen molar-refractivity contribution in [3.63, 3.8) is 0 Å². The number of halogens is 1. The van der Waals surface area contributed by atoms with Crippen molar-refractivity contribution in [2.24, 2.45) is 0 Å². The Morgan fingerprint density at radius 2 is 1.78 bits per heavy atom. The maximum absolute atomic E-state index is 12.9. The van der Waals surface area contributed by atoms with E-state index >= 15 is 0 Å². The van der Waals surface area contributed by atoms with Gasteiger partial charge in [-0.2, -0.15) is 4.31 Å². The zero-order valence-corrected chi connectivity index (χ0v) is 15.9. The van der Waals surface area contributed by atoms with E-state index in [1.54, 1.807) is 37.0 Å². The first-order chi connectivity index (χ1) is 12.8. The molecule has 2 heterocycles. The monoisotopic (exact) mass is 393 g/mol. The van der Waals surface area contributed by atoms with Crippen LogP contribution in [0.1, 0.15) is 17.0 Å². The number of carbonyl (C=O) groups is 1. The molecule has 0 radical (unpaired) electrons. The van der Waals surface area contributed by atoms with Crippen molar-refractivity contribution in [1.82, 2.24) is 14.4 Å². The Hall–Kier alpha value is -2.52. The van der Waals surface area contributed by atoms with Crippen LogP contribution in [0.4, 0.5) is 4.39 Å². The Balaban J connectivity index is 1.63. The number of sulfonamides is 1. The van der Waals surface area contributed by atoms with E-state index < -0.39 is 10.0 Å². The molecule has 1 amide bonds. The summed E-state index contributed by atoms with van der Waals surface area (Å²) in [5, 5.41) is 3.70. The van der Waals surface area contributed by atoms with Crippen LogP contribution in [0, 0.1) is 19.7 Å². The van der Waals surface area contributed by atoms with Gasteiger partial charge in [0.15, 0.2) is 5.76 Å². The molecule has 1 aliphatic heterocycles. The second kappa shape index (κ2) is 7.61. The number of nitrogens with zero attached hydrogens (tertiary/aromatic N) is 3. The van der Waals surface area contributed by atoms with Crippen LogP contribution in [0.3, 0.4) is 0 Å². The molecule has 0 atom stereocenters. The lowest BCUT2D eigenvalue weighted by Crippen LogP contribution is -2.50. The third kappa shape index (κ3) is 4.09. The summed E-state index contributed by atoms with van der Waals surface area (Å²) in [6, 6.07) is 5.80. The average molecular weight is 393 g/mol. The Morgan fingerprint density at radius 3 is 2.33 bits per heavy atom. The van der Waals surface area contributed by atoms with Gasteiger partial charge in [0.2, 0.25) is 15.9 Å². The number of hydrogen-bond donors (Lipinski definition) is 0. The molecule has 7 nitrogen and oxygen atoms in total. The first-order valence-corrected chi connectivity index (χ1v) is 9.88. The van der Waals surface area contributed by atoms with Crippen molar-refractivity contribution in [3.8, 4) is 0 Å². The van der Waals surface area contributed by atoms with Crippen molar-refractivity contribution >= 4 is 22.0 Å². The number of benzene rings is 1. The molecule has 1 aliphatic rings. The number of aryl methyl sites for hydroxylation is 2. The fourth-order valence-electron chi connectivity index (χ4n) is 2.97. The highest BCUT2D eigenvalue weighted by Gasteiger charge is 2.33. The molecule has 144 valence electrons. The number of piperazine rings is 1. The van der Waals surface area contributed by atoms with Crippen molar-refractivity contribution in [2.45, 2.75) is 18.7 Å². The van der Waals surface area contributed by atoms with E-state index in [9.17, 15) is 17.6 Å². The number of rotatable bonds is 4. The average Bonchev–Trinajstić information content (AvgIpc) is 3.00. The van der Waals surface area contributed by atoms with Crippen LogP contribution in [0.2, 0.25) is 0 Å². The first kappa shape index (κ1) is 19.2. The van der Waals surface area contributed by atoms with Crippen LogP contribution in [-0.2, 0) is 14.8 Å². The molecule has 27 heavy (non-hydrogen) atoms.